The highest BCUT2D eigenvalue weighted by molar-refractivity contribution is 9.11. The second kappa shape index (κ2) is 6.67. The molecule has 1 aromatic carbocycles. The highest BCUT2D eigenvalue weighted by Crippen LogP contribution is 2.36. The van der Waals surface area contributed by atoms with Crippen LogP contribution in [-0.2, 0) is 10.0 Å². The van der Waals surface area contributed by atoms with Crippen LogP contribution in [0.4, 0.5) is 17.6 Å². The monoisotopic (exact) mass is 451 g/mol. The number of rotatable bonds is 4. The van der Waals surface area contributed by atoms with E-state index in [0.717, 1.165) is 29.5 Å². The van der Waals surface area contributed by atoms with Crippen LogP contribution in [0.2, 0.25) is 5.02 Å². The number of sulfonamides is 1. The molecular weight excluding hydrogens is 446 g/mol. The summed E-state index contributed by atoms with van der Waals surface area (Å²) in [7, 11) is -4.41. The number of hydrogen-bond donors (Lipinski definition) is 1. The SMILES string of the molecule is O=S(=O)(NC(c1ccc(F)c(Cl)c1)C(F)(F)F)c1ccc(Br)s1. The van der Waals surface area contributed by atoms with Crippen molar-refractivity contribution in [3.8, 4) is 0 Å². The van der Waals surface area contributed by atoms with Crippen LogP contribution in [0.3, 0.4) is 0 Å². The first kappa shape index (κ1) is 18.7. The van der Waals surface area contributed by atoms with E-state index in [1.54, 1.807) is 4.72 Å². The number of alkyl halides is 3. The minimum Gasteiger partial charge on any atom is -0.206 e. The Kier molecular flexibility index (Phi) is 5.41. The van der Waals surface area contributed by atoms with Crippen molar-refractivity contribution in [2.75, 3.05) is 0 Å². The zero-order valence-corrected chi connectivity index (χ0v) is 14.8. The van der Waals surface area contributed by atoms with Crippen molar-refractivity contribution in [3.63, 3.8) is 0 Å². The molecule has 23 heavy (non-hydrogen) atoms. The third-order valence-corrected chi connectivity index (χ3v) is 6.52. The maximum Gasteiger partial charge on any atom is 0.408 e. The van der Waals surface area contributed by atoms with E-state index in [1.165, 1.54) is 12.1 Å². The maximum atomic E-state index is 13.2. The molecule has 1 N–H and O–H groups in total. The molecule has 126 valence electrons. The Morgan fingerprint density at radius 3 is 2.35 bits per heavy atom. The Labute approximate surface area is 146 Å². The number of hydrogen-bond acceptors (Lipinski definition) is 3. The van der Waals surface area contributed by atoms with Gasteiger partial charge in [-0.3, -0.25) is 0 Å². The van der Waals surface area contributed by atoms with Crippen LogP contribution in [0, 0.1) is 5.82 Å². The first-order chi connectivity index (χ1) is 10.5. The summed E-state index contributed by atoms with van der Waals surface area (Å²) in [6.45, 7) is 0. The van der Waals surface area contributed by atoms with E-state index in [9.17, 15) is 26.0 Å². The Morgan fingerprint density at radius 2 is 1.87 bits per heavy atom. The normalized spacial score (nSPS) is 14.0. The molecule has 0 amide bonds. The molecule has 0 saturated carbocycles. The predicted octanol–water partition coefficient (Wildman–Crippen LogP) is 4.89. The van der Waals surface area contributed by atoms with Gasteiger partial charge in [0.2, 0.25) is 0 Å². The lowest BCUT2D eigenvalue weighted by Crippen LogP contribution is -2.37. The molecule has 11 heteroatoms. The van der Waals surface area contributed by atoms with Gasteiger partial charge in [-0.2, -0.15) is 17.9 Å². The molecule has 0 aliphatic heterocycles. The van der Waals surface area contributed by atoms with E-state index in [1.807, 2.05) is 0 Å². The summed E-state index contributed by atoms with van der Waals surface area (Å²) in [6.07, 6.45) is -4.93. The molecule has 3 nitrogen and oxygen atoms in total. The van der Waals surface area contributed by atoms with Gasteiger partial charge in [0.1, 0.15) is 16.1 Å². The largest absolute Gasteiger partial charge is 0.408 e. The average molecular weight is 453 g/mol. The van der Waals surface area contributed by atoms with Gasteiger partial charge in [0.25, 0.3) is 10.0 Å². The molecule has 0 bridgehead atoms. The third-order valence-electron chi connectivity index (χ3n) is 2.69. The van der Waals surface area contributed by atoms with Crippen LogP contribution in [-0.4, -0.2) is 14.6 Å². The van der Waals surface area contributed by atoms with Crippen LogP contribution < -0.4 is 4.72 Å². The lowest BCUT2D eigenvalue weighted by molar-refractivity contribution is -0.153. The lowest BCUT2D eigenvalue weighted by atomic mass is 10.1. The van der Waals surface area contributed by atoms with Crippen molar-refractivity contribution in [2.45, 2.75) is 16.4 Å². The Morgan fingerprint density at radius 1 is 1.22 bits per heavy atom. The van der Waals surface area contributed by atoms with Gasteiger partial charge < -0.3 is 0 Å². The molecule has 2 rings (SSSR count). The first-order valence-corrected chi connectivity index (χ1v) is 9.27. The summed E-state index contributed by atoms with van der Waals surface area (Å²) in [5.74, 6) is -0.901. The summed E-state index contributed by atoms with van der Waals surface area (Å²) >= 11 is 9.27. The van der Waals surface area contributed by atoms with Gasteiger partial charge in [-0.05, 0) is 45.8 Å². The zero-order valence-electron chi connectivity index (χ0n) is 10.9. The minimum absolute atomic E-state index is 0.285. The van der Waals surface area contributed by atoms with Crippen molar-refractivity contribution < 1.29 is 26.0 Å². The van der Waals surface area contributed by atoms with Gasteiger partial charge in [0.15, 0.2) is 0 Å². The Hall–Kier alpha value is -0.680. The first-order valence-electron chi connectivity index (χ1n) is 5.80. The summed E-state index contributed by atoms with van der Waals surface area (Å²) < 4.78 is 78.7. The van der Waals surface area contributed by atoms with E-state index < -0.39 is 38.6 Å². The second-order valence-electron chi connectivity index (χ2n) is 4.33. The van der Waals surface area contributed by atoms with Crippen LogP contribution in [0.1, 0.15) is 11.6 Å². The van der Waals surface area contributed by atoms with E-state index in [4.69, 9.17) is 11.6 Å². The zero-order chi connectivity index (χ0) is 17.4. The van der Waals surface area contributed by atoms with Gasteiger partial charge in [-0.15, -0.1) is 11.3 Å². The van der Waals surface area contributed by atoms with Gasteiger partial charge in [0, 0.05) is 0 Å². The molecule has 0 radical (unpaired) electrons. The maximum absolute atomic E-state index is 13.2. The van der Waals surface area contributed by atoms with E-state index in [-0.39, 0.29) is 4.21 Å². The molecule has 1 unspecified atom stereocenters. The summed E-state index contributed by atoms with van der Waals surface area (Å²) in [6, 6.07) is 2.32. The van der Waals surface area contributed by atoms with Gasteiger partial charge in [-0.25, -0.2) is 12.8 Å². The lowest BCUT2D eigenvalue weighted by Gasteiger charge is -2.21. The molecule has 1 aromatic heterocycles. The van der Waals surface area contributed by atoms with E-state index in [0.29, 0.717) is 3.79 Å². The Balaban J connectivity index is 2.42. The summed E-state index contributed by atoms with van der Waals surface area (Å²) in [5, 5.41) is -0.533. The number of thiophene rings is 1. The number of halogens is 6. The van der Waals surface area contributed by atoms with Gasteiger partial charge in [0.05, 0.1) is 8.81 Å². The van der Waals surface area contributed by atoms with E-state index in [2.05, 4.69) is 15.9 Å². The fourth-order valence-corrected chi connectivity index (χ4v) is 5.10. The van der Waals surface area contributed by atoms with Crippen molar-refractivity contribution in [2.24, 2.45) is 0 Å². The average Bonchev–Trinajstić information content (AvgIpc) is 2.86. The molecule has 0 saturated heterocycles. The van der Waals surface area contributed by atoms with Crippen LogP contribution in [0.25, 0.3) is 0 Å². The summed E-state index contributed by atoms with van der Waals surface area (Å²) in [5.41, 5.74) is -0.511. The van der Waals surface area contributed by atoms with E-state index >= 15 is 0 Å². The molecule has 2 aromatic rings. The fourth-order valence-electron chi connectivity index (χ4n) is 1.67. The molecule has 0 aliphatic rings. The topological polar surface area (TPSA) is 46.2 Å². The van der Waals surface area contributed by atoms with Crippen LogP contribution >= 0.6 is 38.9 Å². The second-order valence-corrected chi connectivity index (χ2v) is 9.14. The molecule has 1 atom stereocenters. The van der Waals surface area contributed by atoms with Crippen molar-refractivity contribution in [3.05, 3.63) is 50.5 Å². The quantitative estimate of drug-likeness (QED) is 0.672. The van der Waals surface area contributed by atoms with Gasteiger partial charge >= 0.3 is 6.18 Å². The van der Waals surface area contributed by atoms with Crippen molar-refractivity contribution in [1.29, 1.82) is 0 Å². The number of nitrogens with one attached hydrogen (secondary N) is 1. The van der Waals surface area contributed by atoms with Crippen LogP contribution in [0.15, 0.2) is 38.3 Å². The van der Waals surface area contributed by atoms with Crippen molar-refractivity contribution >= 4 is 48.9 Å². The standard InChI is InChI=1S/C12H7BrClF4NO2S2/c13-9-3-4-10(22-9)23(20,21)19-11(12(16,17)18)6-1-2-8(15)7(14)5-6/h1-5,11,19H. The third kappa shape index (κ3) is 4.44. The minimum atomic E-state index is -4.93. The van der Waals surface area contributed by atoms with Gasteiger partial charge in [-0.1, -0.05) is 17.7 Å². The van der Waals surface area contributed by atoms with Crippen molar-refractivity contribution in [1.82, 2.24) is 4.72 Å². The molecule has 0 fully saturated rings. The summed E-state index contributed by atoms with van der Waals surface area (Å²) in [4.78, 5) is 0. The highest BCUT2D eigenvalue weighted by Gasteiger charge is 2.44. The molecule has 1 heterocycles. The molecule has 0 aliphatic carbocycles. The smallest absolute Gasteiger partial charge is 0.206 e. The molecular formula is C12H7BrClF4NO2S2. The predicted molar refractivity (Wildman–Crippen MR) is 82.5 cm³/mol. The van der Waals surface area contributed by atoms with Crippen LogP contribution in [0.5, 0.6) is 0 Å². The highest BCUT2D eigenvalue weighted by atomic mass is 79.9. The molecule has 0 spiro atoms. The fraction of sp³-hybridized carbons (Fsp3) is 0.167. The Bertz CT molecular complexity index is 823. The number of benzene rings is 1.